The molecule has 6 N–H and O–H groups in total. The third-order valence-electron chi connectivity index (χ3n) is 0. The van der Waals surface area contributed by atoms with E-state index in [1.54, 1.807) is 0 Å². The molecule has 0 aromatic heterocycles. The van der Waals surface area contributed by atoms with Gasteiger partial charge in [-0.1, -0.05) is 59.4 Å². The Bertz CT molecular complexity index is 92.5. The molecule has 0 amide bonds. The van der Waals surface area contributed by atoms with Gasteiger partial charge < -0.3 is 21.4 Å². The molecule has 12 heteroatoms. The van der Waals surface area contributed by atoms with Gasteiger partial charge in [0, 0.05) is 65.4 Å². The fraction of sp³-hybridized carbons (Fsp3) is 1.00. The molecule has 0 aliphatic rings. The van der Waals surface area contributed by atoms with Gasteiger partial charge in [-0.25, -0.2) is 0 Å². The molecule has 0 saturated carbocycles. The number of hydrogen-bond donors (Lipinski definition) is 2. The zero-order chi connectivity index (χ0) is 7.15. The predicted molar refractivity (Wildman–Crippen MR) is 78.6 cm³/mol. The zero-order valence-electron chi connectivity index (χ0n) is 5.58. The first kappa shape index (κ1) is 184. The van der Waals surface area contributed by atoms with E-state index in [0.29, 0.717) is 0 Å². The molecule has 10 nitrogen and oxygen atoms in total. The molecular weight excluding hydrogens is 430 g/mol. The smallest absolute Gasteiger partial charge is 0.291 e. The van der Waals surface area contributed by atoms with Crippen molar-refractivity contribution in [1.29, 1.82) is 0 Å². The molecular formula is C8H38N2O8Y2. The summed E-state index contributed by atoms with van der Waals surface area (Å²) in [5.74, 6) is 0. The van der Waals surface area contributed by atoms with E-state index in [4.69, 9.17) is 30.6 Å². The van der Waals surface area contributed by atoms with Crippen LogP contribution in [-0.4, -0.2) is 31.5 Å². The molecule has 0 aromatic carbocycles. The third kappa shape index (κ3) is 20400. The van der Waals surface area contributed by atoms with Crippen LogP contribution >= 0.6 is 0 Å². The monoisotopic (exact) mass is 468 g/mol. The maximum absolute atomic E-state index is 8.36. The van der Waals surface area contributed by atoms with E-state index in [-0.39, 0.29) is 136 Å². The summed E-state index contributed by atoms with van der Waals surface area (Å²) in [4.78, 5) is 16.7. The van der Waals surface area contributed by atoms with Crippen LogP contribution in [0.15, 0.2) is 0 Å². The van der Waals surface area contributed by atoms with Crippen LogP contribution in [0.5, 0.6) is 0 Å². The van der Waals surface area contributed by atoms with E-state index >= 15 is 0 Å². The number of hydrogen-bond acceptors (Lipinski definition) is 4. The van der Waals surface area contributed by atoms with Gasteiger partial charge in [0.05, 0.1) is 0 Å². The van der Waals surface area contributed by atoms with Crippen molar-refractivity contribution in [3.63, 3.8) is 0 Å². The Hall–Kier alpha value is 0.528. The van der Waals surface area contributed by atoms with Crippen LogP contribution < -0.4 is 0 Å². The van der Waals surface area contributed by atoms with Crippen molar-refractivity contribution < 1.29 is 97.0 Å². The predicted octanol–water partition coefficient (Wildman–Crippen LogP) is 2.74. The van der Waals surface area contributed by atoms with Crippen LogP contribution in [0.25, 0.3) is 0 Å². The molecule has 20 heavy (non-hydrogen) atoms. The first-order chi connectivity index (χ1) is 3.46. The second-order valence-electron chi connectivity index (χ2n) is 0.476. The Morgan fingerprint density at radius 3 is 0.550 bits per heavy atom. The van der Waals surface area contributed by atoms with E-state index in [9.17, 15) is 0 Å². The van der Waals surface area contributed by atoms with Crippen molar-refractivity contribution in [2.75, 3.05) is 0 Å². The fourth-order valence-electron chi connectivity index (χ4n) is 0. The zero-order valence-corrected chi connectivity index (χ0v) is 11.3. The van der Waals surface area contributed by atoms with Gasteiger partial charge in [0.25, 0.3) is 10.2 Å². The molecule has 0 fully saturated rings. The van der Waals surface area contributed by atoms with Gasteiger partial charge in [0.2, 0.25) is 0 Å². The van der Waals surface area contributed by atoms with Crippen molar-refractivity contribution in [3.8, 4) is 0 Å². The van der Waals surface area contributed by atoms with Crippen LogP contribution in [0.4, 0.5) is 0 Å². The minimum absolute atomic E-state index is 0. The molecule has 0 rings (SSSR count). The van der Waals surface area contributed by atoms with Crippen molar-refractivity contribution >= 4 is 0 Å². The molecule has 0 heterocycles. The molecule has 2 radical (unpaired) electrons. The number of rotatable bonds is 0. The fourth-order valence-corrected chi connectivity index (χ4v) is 0. The van der Waals surface area contributed by atoms with E-state index in [2.05, 4.69) is 0 Å². The Kier molecular flexibility index (Phi) is 1440. The second-order valence-corrected chi connectivity index (χ2v) is 0.476. The first-order valence-electron chi connectivity index (χ1n) is 1.13. The van der Waals surface area contributed by atoms with Crippen LogP contribution in [0.1, 0.15) is 59.4 Å². The van der Waals surface area contributed by atoms with Crippen LogP contribution in [0, 0.1) is 20.2 Å². The van der Waals surface area contributed by atoms with Crippen molar-refractivity contribution in [2.24, 2.45) is 0 Å². The van der Waals surface area contributed by atoms with E-state index in [0.717, 1.165) is 0 Å². The minimum atomic E-state index is -1.50. The summed E-state index contributed by atoms with van der Waals surface area (Å²) < 4.78 is 0. The van der Waals surface area contributed by atoms with E-state index in [1.807, 2.05) is 0 Å². The summed E-state index contributed by atoms with van der Waals surface area (Å²) >= 11 is 0. The van der Waals surface area contributed by atoms with E-state index < -0.39 is 10.2 Å². The summed E-state index contributed by atoms with van der Waals surface area (Å²) in [6.45, 7) is 0. The van der Waals surface area contributed by atoms with E-state index in [1.165, 1.54) is 0 Å². The van der Waals surface area contributed by atoms with Crippen molar-refractivity contribution in [2.45, 2.75) is 59.4 Å². The Morgan fingerprint density at radius 2 is 0.550 bits per heavy atom. The molecule has 0 spiro atoms. The molecule has 0 aromatic rings. The molecule has 0 aliphatic carbocycles. The number of nitrogens with zero attached hydrogens (tertiary/aromatic N) is 2. The van der Waals surface area contributed by atoms with Gasteiger partial charge >= 0.3 is 0 Å². The molecule has 0 saturated heterocycles. The summed E-state index contributed by atoms with van der Waals surface area (Å²) in [6.07, 6.45) is 0. The van der Waals surface area contributed by atoms with Gasteiger partial charge in [0.15, 0.2) is 0 Å². The summed E-state index contributed by atoms with van der Waals surface area (Å²) in [6, 6.07) is 0. The topological polar surface area (TPSA) is 190 Å². The van der Waals surface area contributed by atoms with Crippen LogP contribution in [-0.2, 0) is 65.4 Å². The van der Waals surface area contributed by atoms with Gasteiger partial charge in [0.1, 0.15) is 0 Å². The molecule has 0 bridgehead atoms. The average molecular weight is 468 g/mol. The second kappa shape index (κ2) is 157. The molecule has 134 valence electrons. The van der Waals surface area contributed by atoms with Crippen molar-refractivity contribution in [1.82, 2.24) is 0 Å². The van der Waals surface area contributed by atoms with Crippen LogP contribution in [0.3, 0.4) is 0 Å². The largest absolute Gasteiger partial charge is 0.412 e. The van der Waals surface area contributed by atoms with Gasteiger partial charge in [-0.15, -0.1) is 20.2 Å². The average Bonchev–Trinajstić information content (AvgIpc) is 1.25. The maximum Gasteiger partial charge on any atom is 0.291 e. The van der Waals surface area contributed by atoms with Crippen LogP contribution in [0.2, 0.25) is 0 Å². The maximum atomic E-state index is 8.36. The van der Waals surface area contributed by atoms with Gasteiger partial charge in [-0.2, -0.15) is 0 Å². The Morgan fingerprint density at radius 1 is 0.550 bits per heavy atom. The molecule has 0 aliphatic heterocycles. The normalized spacial score (nSPS) is 2.40. The summed E-state index contributed by atoms with van der Waals surface area (Å²) in [5.41, 5.74) is 0. The first-order valence-corrected chi connectivity index (χ1v) is 1.13. The summed E-state index contributed by atoms with van der Waals surface area (Å²) in [7, 11) is 0. The minimum Gasteiger partial charge on any atom is -0.412 e. The third-order valence-corrected chi connectivity index (χ3v) is 0. The standard InChI is InChI=1S/8CH4.2HNO3.2H2O.2Y/c;;;;;;;;2*2-1(3)4;;;;/h8*1H4;2*(H,2,3,4);2*1H2;;. The molecule has 0 unspecified atom stereocenters. The Labute approximate surface area is 175 Å². The quantitative estimate of drug-likeness (QED) is 0.406. The Balaban J connectivity index is -0.00000000187. The molecule has 0 atom stereocenters. The SMILES string of the molecule is C.C.C.C.C.C.C.C.O.O.O=[N+]([O-])O.O=[N+]([O-])O.[Y].[Y]. The van der Waals surface area contributed by atoms with Crippen molar-refractivity contribution in [3.05, 3.63) is 20.2 Å². The van der Waals surface area contributed by atoms with Gasteiger partial charge in [-0.3, -0.25) is 0 Å². The van der Waals surface area contributed by atoms with Gasteiger partial charge in [-0.05, 0) is 0 Å². The summed E-state index contributed by atoms with van der Waals surface area (Å²) in [5, 5.41) is 27.3.